The van der Waals surface area contributed by atoms with Crippen LogP contribution in [0.4, 0.5) is 5.69 Å². The average molecular weight is 276 g/mol. The van der Waals surface area contributed by atoms with Crippen molar-refractivity contribution in [2.45, 2.75) is 6.92 Å². The molecule has 1 rings (SSSR count). The third-order valence-electron chi connectivity index (χ3n) is 2.30. The quantitative estimate of drug-likeness (QED) is 0.623. The molecule has 0 fully saturated rings. The Morgan fingerprint density at radius 3 is 2.35 bits per heavy atom. The van der Waals surface area contributed by atoms with E-state index in [1.54, 1.807) is 31.2 Å². The monoisotopic (exact) mass is 276 g/mol. The Morgan fingerprint density at radius 2 is 1.80 bits per heavy atom. The maximum atomic E-state index is 11.5. The van der Waals surface area contributed by atoms with E-state index in [4.69, 9.17) is 0 Å². The molecule has 2 amide bonds. The first kappa shape index (κ1) is 15.4. The highest BCUT2D eigenvalue weighted by Gasteiger charge is 2.04. The fourth-order valence-corrected chi connectivity index (χ4v) is 1.37. The molecular weight excluding hydrogens is 260 g/mol. The fraction of sp³-hybridized carbons (Fsp3) is 0.214. The van der Waals surface area contributed by atoms with E-state index in [9.17, 15) is 14.4 Å². The average Bonchev–Trinajstić information content (AvgIpc) is 2.45. The van der Waals surface area contributed by atoms with Crippen LogP contribution in [0.2, 0.25) is 0 Å². The van der Waals surface area contributed by atoms with Gasteiger partial charge < -0.3 is 15.4 Å². The van der Waals surface area contributed by atoms with Gasteiger partial charge in [0.25, 0.3) is 5.91 Å². The second kappa shape index (κ2) is 7.73. The fourth-order valence-electron chi connectivity index (χ4n) is 1.37. The summed E-state index contributed by atoms with van der Waals surface area (Å²) in [5.74, 6) is -1.23. The number of carbonyl (C=O) groups is 3. The van der Waals surface area contributed by atoms with Gasteiger partial charge in [-0.25, -0.2) is 4.79 Å². The Kier molecular flexibility index (Phi) is 5.96. The largest absolute Gasteiger partial charge is 0.463 e. The Morgan fingerprint density at radius 1 is 1.15 bits per heavy atom. The van der Waals surface area contributed by atoms with Gasteiger partial charge in [0.1, 0.15) is 0 Å². The van der Waals surface area contributed by atoms with Gasteiger partial charge in [-0.2, -0.15) is 0 Å². The van der Waals surface area contributed by atoms with Gasteiger partial charge in [0.05, 0.1) is 6.61 Å². The molecule has 0 bridgehead atoms. The zero-order chi connectivity index (χ0) is 15.0. The normalized spacial score (nSPS) is 10.1. The van der Waals surface area contributed by atoms with Crippen molar-refractivity contribution in [3.8, 4) is 0 Å². The van der Waals surface area contributed by atoms with Crippen molar-refractivity contribution in [2.24, 2.45) is 0 Å². The van der Waals surface area contributed by atoms with E-state index >= 15 is 0 Å². The molecule has 106 valence electrons. The molecule has 0 aliphatic rings. The first-order valence-electron chi connectivity index (χ1n) is 6.04. The van der Waals surface area contributed by atoms with E-state index in [1.807, 2.05) is 0 Å². The summed E-state index contributed by atoms with van der Waals surface area (Å²) < 4.78 is 4.65. The molecule has 0 aromatic heterocycles. The minimum Gasteiger partial charge on any atom is -0.463 e. The Balaban J connectivity index is 2.58. The van der Waals surface area contributed by atoms with Crippen LogP contribution < -0.4 is 10.6 Å². The number of benzene rings is 1. The molecule has 6 nitrogen and oxygen atoms in total. The Hall–Kier alpha value is -2.63. The van der Waals surface area contributed by atoms with Crippen LogP contribution in [0.1, 0.15) is 17.3 Å². The van der Waals surface area contributed by atoms with E-state index < -0.39 is 11.9 Å². The number of hydrogen-bond acceptors (Lipinski definition) is 4. The first-order chi connectivity index (χ1) is 9.56. The first-order valence-corrected chi connectivity index (χ1v) is 6.04. The summed E-state index contributed by atoms with van der Waals surface area (Å²) in [6.45, 7) is 1.94. The van der Waals surface area contributed by atoms with Crippen molar-refractivity contribution in [3.63, 3.8) is 0 Å². The van der Waals surface area contributed by atoms with Gasteiger partial charge in [-0.3, -0.25) is 9.59 Å². The molecule has 0 aliphatic carbocycles. The van der Waals surface area contributed by atoms with Crippen molar-refractivity contribution in [1.82, 2.24) is 5.32 Å². The van der Waals surface area contributed by atoms with Gasteiger partial charge in [-0.15, -0.1) is 0 Å². The highest BCUT2D eigenvalue weighted by atomic mass is 16.5. The lowest BCUT2D eigenvalue weighted by atomic mass is 10.2. The molecule has 0 spiro atoms. The topological polar surface area (TPSA) is 84.5 Å². The maximum Gasteiger partial charge on any atom is 0.330 e. The van der Waals surface area contributed by atoms with Gasteiger partial charge >= 0.3 is 5.97 Å². The molecule has 0 heterocycles. The third-order valence-corrected chi connectivity index (χ3v) is 2.30. The summed E-state index contributed by atoms with van der Waals surface area (Å²) in [5.41, 5.74) is 1.02. The lowest BCUT2D eigenvalue weighted by molar-refractivity contribution is -0.137. The van der Waals surface area contributed by atoms with Crippen molar-refractivity contribution in [1.29, 1.82) is 0 Å². The van der Waals surface area contributed by atoms with Gasteiger partial charge in [-0.05, 0) is 31.2 Å². The third kappa shape index (κ3) is 4.93. The summed E-state index contributed by atoms with van der Waals surface area (Å²) in [6.07, 6.45) is 2.14. The van der Waals surface area contributed by atoms with Crippen LogP contribution in [0.5, 0.6) is 0 Å². The van der Waals surface area contributed by atoms with Crippen molar-refractivity contribution in [2.75, 3.05) is 19.0 Å². The highest BCUT2D eigenvalue weighted by molar-refractivity contribution is 6.03. The molecule has 0 radical (unpaired) electrons. The van der Waals surface area contributed by atoms with Gasteiger partial charge in [0.15, 0.2) is 0 Å². The van der Waals surface area contributed by atoms with E-state index in [0.29, 0.717) is 11.3 Å². The summed E-state index contributed by atoms with van der Waals surface area (Å²) >= 11 is 0. The van der Waals surface area contributed by atoms with E-state index in [2.05, 4.69) is 15.4 Å². The summed E-state index contributed by atoms with van der Waals surface area (Å²) in [6, 6.07) is 6.37. The second-order valence-corrected chi connectivity index (χ2v) is 3.73. The summed E-state index contributed by atoms with van der Waals surface area (Å²) in [7, 11) is 1.54. The molecule has 0 saturated heterocycles. The number of esters is 1. The van der Waals surface area contributed by atoms with Gasteiger partial charge in [0, 0.05) is 30.5 Å². The SMILES string of the molecule is CCOC(=O)/C=C/C(=O)Nc1ccc(C(=O)NC)cc1. The molecule has 0 aliphatic heterocycles. The molecular formula is C14H16N2O4. The van der Waals surface area contributed by atoms with Crippen molar-refractivity contribution >= 4 is 23.5 Å². The predicted octanol–water partition coefficient (Wildman–Crippen LogP) is 1.10. The summed E-state index contributed by atoms with van der Waals surface area (Å²) in [5, 5.41) is 5.06. The van der Waals surface area contributed by atoms with Crippen molar-refractivity contribution < 1.29 is 19.1 Å². The zero-order valence-corrected chi connectivity index (χ0v) is 11.3. The number of hydrogen-bond donors (Lipinski definition) is 2. The van der Waals surface area contributed by atoms with Gasteiger partial charge in [-0.1, -0.05) is 0 Å². The molecule has 0 saturated carbocycles. The smallest absolute Gasteiger partial charge is 0.330 e. The highest BCUT2D eigenvalue weighted by Crippen LogP contribution is 2.09. The Bertz CT molecular complexity index is 520. The van der Waals surface area contributed by atoms with Crippen LogP contribution in [0.3, 0.4) is 0 Å². The molecule has 20 heavy (non-hydrogen) atoms. The second-order valence-electron chi connectivity index (χ2n) is 3.73. The zero-order valence-electron chi connectivity index (χ0n) is 11.3. The molecule has 1 aromatic rings. The lowest BCUT2D eigenvalue weighted by Crippen LogP contribution is -2.17. The molecule has 0 unspecified atom stereocenters. The van der Waals surface area contributed by atoms with E-state index in [-0.39, 0.29) is 12.5 Å². The van der Waals surface area contributed by atoms with Crippen molar-refractivity contribution in [3.05, 3.63) is 42.0 Å². The molecule has 0 atom stereocenters. The van der Waals surface area contributed by atoms with Crippen LogP contribution in [-0.2, 0) is 14.3 Å². The number of amides is 2. The van der Waals surface area contributed by atoms with Gasteiger partial charge in [0.2, 0.25) is 5.91 Å². The molecule has 2 N–H and O–H groups in total. The summed E-state index contributed by atoms with van der Waals surface area (Å²) in [4.78, 5) is 33.9. The number of ether oxygens (including phenoxy) is 1. The van der Waals surface area contributed by atoms with E-state index in [1.165, 1.54) is 7.05 Å². The lowest BCUT2D eigenvalue weighted by Gasteiger charge is -2.04. The number of rotatable bonds is 5. The van der Waals surface area contributed by atoms with E-state index in [0.717, 1.165) is 12.2 Å². The van der Waals surface area contributed by atoms with Crippen LogP contribution in [-0.4, -0.2) is 31.4 Å². The Labute approximate surface area is 116 Å². The standard InChI is InChI=1S/C14H16N2O4/c1-3-20-13(18)9-8-12(17)16-11-6-4-10(5-7-11)14(19)15-2/h4-9H,3H2,1-2H3,(H,15,19)(H,16,17)/b9-8+. The van der Waals surface area contributed by atoms with Crippen LogP contribution in [0.25, 0.3) is 0 Å². The number of anilines is 1. The predicted molar refractivity (Wildman–Crippen MR) is 74.2 cm³/mol. The van der Waals surface area contributed by atoms with Crippen LogP contribution in [0, 0.1) is 0 Å². The minimum absolute atomic E-state index is 0.204. The minimum atomic E-state index is -0.572. The van der Waals surface area contributed by atoms with Crippen LogP contribution >= 0.6 is 0 Å². The number of nitrogens with one attached hydrogen (secondary N) is 2. The maximum absolute atomic E-state index is 11.5. The molecule has 6 heteroatoms. The molecule has 1 aromatic carbocycles. The van der Waals surface area contributed by atoms with Crippen LogP contribution in [0.15, 0.2) is 36.4 Å². The number of carbonyl (C=O) groups excluding carboxylic acids is 3.